The fraction of sp³-hybridized carbons (Fsp3) is 0.640. The minimum absolute atomic E-state index is 0.0789. The number of benzene rings is 1. The Bertz CT molecular complexity index is 958. The van der Waals surface area contributed by atoms with Crippen LogP contribution in [0.25, 0.3) is 10.9 Å². The molecule has 6 heteroatoms. The Kier molecular flexibility index (Phi) is 6.31. The maximum absolute atomic E-state index is 12.9. The second-order valence-corrected chi connectivity index (χ2v) is 9.23. The number of nitrogens with zero attached hydrogens (tertiary/aromatic N) is 3. The normalized spacial score (nSPS) is 21.7. The summed E-state index contributed by atoms with van der Waals surface area (Å²) in [5, 5.41) is 11.7. The molecular formula is C25H38N4O2. The Morgan fingerprint density at radius 3 is 2.68 bits per heavy atom. The van der Waals surface area contributed by atoms with E-state index in [1.165, 1.54) is 42.3 Å². The van der Waals surface area contributed by atoms with E-state index in [2.05, 4.69) is 36.3 Å². The molecule has 2 aliphatic rings. The van der Waals surface area contributed by atoms with Crippen molar-refractivity contribution < 1.29 is 9.90 Å². The highest BCUT2D eigenvalue weighted by Gasteiger charge is 2.39. The molecule has 31 heavy (non-hydrogen) atoms. The molecule has 1 aromatic carbocycles. The molecule has 1 unspecified atom stereocenters. The Morgan fingerprint density at radius 2 is 2.03 bits per heavy atom. The molecule has 2 aromatic rings. The highest BCUT2D eigenvalue weighted by Crippen LogP contribution is 2.46. The average Bonchev–Trinajstić information content (AvgIpc) is 3.02. The summed E-state index contributed by atoms with van der Waals surface area (Å²) < 4.78 is 1.97. The Labute approximate surface area is 186 Å². The summed E-state index contributed by atoms with van der Waals surface area (Å²) in [5.74, 6) is 0.489. The van der Waals surface area contributed by atoms with Crippen molar-refractivity contribution in [1.82, 2.24) is 14.5 Å². The lowest BCUT2D eigenvalue weighted by Gasteiger charge is -2.44. The summed E-state index contributed by atoms with van der Waals surface area (Å²) in [6.45, 7) is 13.9. The molecule has 1 aliphatic heterocycles. The van der Waals surface area contributed by atoms with Crippen LogP contribution in [0, 0.1) is 6.92 Å². The number of hydrogen-bond donors (Lipinski definition) is 2. The van der Waals surface area contributed by atoms with E-state index < -0.39 is 6.10 Å². The van der Waals surface area contributed by atoms with Gasteiger partial charge in [0, 0.05) is 36.1 Å². The van der Waals surface area contributed by atoms with Crippen molar-refractivity contribution >= 4 is 16.9 Å². The molecule has 2 N–H and O–H groups in total. The predicted octanol–water partition coefficient (Wildman–Crippen LogP) is 4.52. The van der Waals surface area contributed by atoms with E-state index in [0.29, 0.717) is 25.0 Å². The van der Waals surface area contributed by atoms with Gasteiger partial charge in [-0.15, -0.1) is 0 Å². The number of carbonyl (C=O) groups excluding carboxylic acids is 1. The largest absolute Gasteiger partial charge is 0.389 e. The second kappa shape index (κ2) is 8.83. The summed E-state index contributed by atoms with van der Waals surface area (Å²) in [5.41, 5.74) is 8.93. The number of nitrogens with one attached hydrogen (secondary N) is 1. The third-order valence-electron chi connectivity index (χ3n) is 7.44. The Hall–Kier alpha value is -2.05. The number of aliphatic hydroxyl groups excluding tert-OH is 1. The number of urea groups is 1. The number of carbonyl (C=O) groups is 1. The van der Waals surface area contributed by atoms with Crippen LogP contribution < -0.4 is 5.43 Å². The first kappa shape index (κ1) is 22.2. The van der Waals surface area contributed by atoms with Gasteiger partial charge in [-0.05, 0) is 89.2 Å². The van der Waals surface area contributed by atoms with Crippen molar-refractivity contribution in [1.29, 1.82) is 0 Å². The minimum Gasteiger partial charge on any atom is -0.389 e. The molecule has 1 aromatic heterocycles. The van der Waals surface area contributed by atoms with Gasteiger partial charge in [-0.3, -0.25) is 9.58 Å². The number of fused-ring (bicyclic) bond motifs is 2. The van der Waals surface area contributed by atoms with Gasteiger partial charge in [-0.2, -0.15) is 0 Å². The zero-order valence-corrected chi connectivity index (χ0v) is 19.7. The van der Waals surface area contributed by atoms with E-state index >= 15 is 0 Å². The zero-order valence-electron chi connectivity index (χ0n) is 19.7. The van der Waals surface area contributed by atoms with Crippen LogP contribution in [0.15, 0.2) is 12.1 Å². The van der Waals surface area contributed by atoms with Crippen LogP contribution >= 0.6 is 0 Å². The lowest BCUT2D eigenvalue weighted by atomic mass is 9.74. The number of amides is 2. The topological polar surface area (TPSA) is 60.7 Å². The minimum atomic E-state index is -0.540. The van der Waals surface area contributed by atoms with Crippen LogP contribution in [0.3, 0.4) is 0 Å². The van der Waals surface area contributed by atoms with Gasteiger partial charge in [0.15, 0.2) is 0 Å². The summed E-state index contributed by atoms with van der Waals surface area (Å²) in [7, 11) is 0. The number of likely N-dealkylation sites (tertiary alicyclic amines) is 1. The summed E-state index contributed by atoms with van der Waals surface area (Å²) in [4.78, 5) is 17.4. The van der Waals surface area contributed by atoms with Crippen molar-refractivity contribution in [3.05, 3.63) is 34.5 Å². The van der Waals surface area contributed by atoms with E-state index in [1.807, 2.05) is 25.4 Å². The predicted molar refractivity (Wildman–Crippen MR) is 126 cm³/mol. The van der Waals surface area contributed by atoms with Crippen LogP contribution in [0.4, 0.5) is 4.79 Å². The Balaban J connectivity index is 1.87. The van der Waals surface area contributed by atoms with E-state index in [-0.39, 0.29) is 6.03 Å². The van der Waals surface area contributed by atoms with Crippen LogP contribution in [0.2, 0.25) is 0 Å². The van der Waals surface area contributed by atoms with Crippen molar-refractivity contribution in [2.75, 3.05) is 31.6 Å². The van der Waals surface area contributed by atoms with Crippen LogP contribution in [0.5, 0.6) is 0 Å². The van der Waals surface area contributed by atoms with Gasteiger partial charge < -0.3 is 10.0 Å². The van der Waals surface area contributed by atoms with Gasteiger partial charge in [-0.1, -0.05) is 13.0 Å². The molecule has 4 rings (SSSR count). The smallest absolute Gasteiger partial charge is 0.336 e. The van der Waals surface area contributed by atoms with Crippen LogP contribution in [-0.2, 0) is 6.42 Å². The van der Waals surface area contributed by atoms with Crippen molar-refractivity contribution in [2.45, 2.75) is 78.4 Å². The van der Waals surface area contributed by atoms with Gasteiger partial charge in [0.25, 0.3) is 0 Å². The molecule has 0 spiro atoms. The van der Waals surface area contributed by atoms with Gasteiger partial charge in [-0.25, -0.2) is 10.2 Å². The van der Waals surface area contributed by atoms with E-state index in [4.69, 9.17) is 0 Å². The lowest BCUT2D eigenvalue weighted by molar-refractivity contribution is 0.124. The standard InChI is InChI=1S/C25H38N4O2/c1-6-11-28-12-9-10-19-21-13-18(17(5)30)14-23-24(21)20(15-22(19)28)16(4)29(23)26-25(31)27(7-2)8-3/h13-14,17,19,22,30H,6-12,15H2,1-5H3,(H,26,31)/t17?,19-,22-/m1/s1. The molecule has 2 amide bonds. The Morgan fingerprint density at radius 1 is 1.29 bits per heavy atom. The summed E-state index contributed by atoms with van der Waals surface area (Å²) in [6, 6.07) is 4.72. The number of piperidine rings is 1. The fourth-order valence-electron chi connectivity index (χ4n) is 5.81. The van der Waals surface area contributed by atoms with Gasteiger partial charge in [0.1, 0.15) is 0 Å². The SMILES string of the molecule is CCCN1CCC[C@@H]2c3cc(C(C)O)cc4c3c(c(C)n4NC(=O)N(CC)CC)C[C@H]21. The zero-order chi connectivity index (χ0) is 22.3. The van der Waals surface area contributed by atoms with Crippen molar-refractivity contribution in [3.8, 4) is 0 Å². The molecule has 3 atom stereocenters. The van der Waals surface area contributed by atoms with E-state index in [1.54, 1.807) is 4.90 Å². The highest BCUT2D eigenvalue weighted by molar-refractivity contribution is 5.93. The second-order valence-electron chi connectivity index (χ2n) is 9.23. The van der Waals surface area contributed by atoms with E-state index in [9.17, 15) is 9.90 Å². The van der Waals surface area contributed by atoms with Crippen molar-refractivity contribution in [2.24, 2.45) is 0 Å². The van der Waals surface area contributed by atoms with Gasteiger partial charge >= 0.3 is 6.03 Å². The average molecular weight is 427 g/mol. The first-order chi connectivity index (χ1) is 14.9. The van der Waals surface area contributed by atoms with Gasteiger partial charge in [0.05, 0.1) is 11.6 Å². The summed E-state index contributed by atoms with van der Waals surface area (Å²) in [6.07, 6.45) is 4.07. The van der Waals surface area contributed by atoms with E-state index in [0.717, 1.165) is 29.7 Å². The number of rotatable bonds is 6. The molecular weight excluding hydrogens is 388 g/mol. The maximum atomic E-state index is 12.9. The highest BCUT2D eigenvalue weighted by atomic mass is 16.3. The van der Waals surface area contributed by atoms with Gasteiger partial charge in [0.2, 0.25) is 0 Å². The maximum Gasteiger partial charge on any atom is 0.336 e. The molecule has 1 fully saturated rings. The van der Waals surface area contributed by atoms with Crippen LogP contribution in [-0.4, -0.2) is 57.8 Å². The first-order valence-electron chi connectivity index (χ1n) is 12.1. The quantitative estimate of drug-likeness (QED) is 0.714. The molecule has 1 saturated heterocycles. The number of aliphatic hydroxyl groups is 1. The molecule has 170 valence electrons. The molecule has 0 radical (unpaired) electrons. The summed E-state index contributed by atoms with van der Waals surface area (Å²) >= 11 is 0. The molecule has 1 aliphatic carbocycles. The van der Waals surface area contributed by atoms with Crippen molar-refractivity contribution in [3.63, 3.8) is 0 Å². The molecule has 6 nitrogen and oxygen atoms in total. The third kappa shape index (κ3) is 3.74. The lowest BCUT2D eigenvalue weighted by Crippen LogP contribution is -2.47. The fourth-order valence-corrected chi connectivity index (χ4v) is 5.81. The first-order valence-corrected chi connectivity index (χ1v) is 12.1. The molecule has 0 bridgehead atoms. The number of hydrogen-bond acceptors (Lipinski definition) is 3. The third-order valence-corrected chi connectivity index (χ3v) is 7.44. The number of aromatic nitrogens is 1. The molecule has 0 saturated carbocycles. The molecule has 2 heterocycles. The monoisotopic (exact) mass is 426 g/mol. The van der Waals surface area contributed by atoms with Crippen LogP contribution in [0.1, 0.15) is 81.4 Å².